The number of rotatable bonds is 6. The molecular formula is C19H20BrNO4. The Kier molecular flexibility index (Phi) is 6.58. The van der Waals surface area contributed by atoms with Gasteiger partial charge in [-0.2, -0.15) is 0 Å². The van der Waals surface area contributed by atoms with Gasteiger partial charge in [-0.15, -0.1) is 0 Å². The molecule has 132 valence electrons. The number of phenolic OH excluding ortho intramolecular Hbond substituents is 1. The minimum absolute atomic E-state index is 0.00618. The van der Waals surface area contributed by atoms with Crippen LogP contribution in [0.15, 0.2) is 53.0 Å². The van der Waals surface area contributed by atoms with Crippen LogP contribution in [-0.4, -0.2) is 29.6 Å². The lowest BCUT2D eigenvalue weighted by Crippen LogP contribution is -2.37. The van der Waals surface area contributed by atoms with Gasteiger partial charge < -0.3 is 15.2 Å². The summed E-state index contributed by atoms with van der Waals surface area (Å²) in [7, 11) is 0. The maximum Gasteiger partial charge on any atom is 0.342 e. The summed E-state index contributed by atoms with van der Waals surface area (Å²) >= 11 is 3.22. The number of benzene rings is 2. The molecule has 6 heteroatoms. The monoisotopic (exact) mass is 405 g/mol. The number of ether oxygens (including phenoxy) is 1. The SMILES string of the molecule is C[C@H](OC(=O)c1cc(Br)ccc1O)C(=O)NC[C@H](C)c1ccccc1. The zero-order chi connectivity index (χ0) is 18.4. The van der Waals surface area contributed by atoms with Crippen LogP contribution in [0.5, 0.6) is 5.75 Å². The molecule has 2 N–H and O–H groups in total. The first-order chi connectivity index (χ1) is 11.9. The van der Waals surface area contributed by atoms with E-state index >= 15 is 0 Å². The first kappa shape index (κ1) is 19.0. The molecule has 5 nitrogen and oxygen atoms in total. The van der Waals surface area contributed by atoms with Crippen LogP contribution in [0.4, 0.5) is 0 Å². The van der Waals surface area contributed by atoms with Gasteiger partial charge in [-0.25, -0.2) is 4.79 Å². The highest BCUT2D eigenvalue weighted by molar-refractivity contribution is 9.10. The fraction of sp³-hybridized carbons (Fsp3) is 0.263. The molecule has 0 saturated carbocycles. The maximum atomic E-state index is 12.1. The van der Waals surface area contributed by atoms with E-state index in [1.54, 1.807) is 6.07 Å². The number of amides is 1. The molecular weight excluding hydrogens is 386 g/mol. The van der Waals surface area contributed by atoms with Gasteiger partial charge in [0.05, 0.1) is 0 Å². The van der Waals surface area contributed by atoms with Gasteiger partial charge in [0.2, 0.25) is 0 Å². The minimum atomic E-state index is -0.964. The molecule has 0 saturated heterocycles. The Morgan fingerprint density at radius 2 is 1.84 bits per heavy atom. The Morgan fingerprint density at radius 3 is 2.52 bits per heavy atom. The van der Waals surface area contributed by atoms with Crippen LogP contribution in [0.25, 0.3) is 0 Å². The molecule has 0 unspecified atom stereocenters. The third kappa shape index (κ3) is 5.32. The maximum absolute atomic E-state index is 12.1. The second-order valence-electron chi connectivity index (χ2n) is 5.77. The average molecular weight is 406 g/mol. The zero-order valence-corrected chi connectivity index (χ0v) is 15.6. The summed E-state index contributed by atoms with van der Waals surface area (Å²) in [6, 6.07) is 14.3. The summed E-state index contributed by atoms with van der Waals surface area (Å²) in [5.74, 6) is -1.19. The van der Waals surface area contributed by atoms with Crippen LogP contribution >= 0.6 is 15.9 Å². The zero-order valence-electron chi connectivity index (χ0n) is 14.0. The van der Waals surface area contributed by atoms with E-state index in [-0.39, 0.29) is 23.1 Å². The second-order valence-corrected chi connectivity index (χ2v) is 6.68. The van der Waals surface area contributed by atoms with Gasteiger partial charge in [-0.05, 0) is 36.6 Å². The van der Waals surface area contributed by atoms with E-state index in [4.69, 9.17) is 4.74 Å². The molecule has 0 fully saturated rings. The largest absolute Gasteiger partial charge is 0.507 e. The number of phenols is 1. The first-order valence-corrected chi connectivity index (χ1v) is 8.70. The van der Waals surface area contributed by atoms with Gasteiger partial charge in [0.1, 0.15) is 11.3 Å². The van der Waals surface area contributed by atoms with Crippen LogP contribution in [0.3, 0.4) is 0 Å². The van der Waals surface area contributed by atoms with E-state index in [2.05, 4.69) is 21.2 Å². The third-order valence-corrected chi connectivity index (χ3v) is 4.28. The van der Waals surface area contributed by atoms with Gasteiger partial charge in [0.15, 0.2) is 6.10 Å². The van der Waals surface area contributed by atoms with Crippen molar-refractivity contribution in [2.75, 3.05) is 6.54 Å². The molecule has 0 bridgehead atoms. The lowest BCUT2D eigenvalue weighted by Gasteiger charge is -2.17. The number of aromatic hydroxyl groups is 1. The van der Waals surface area contributed by atoms with Crippen molar-refractivity contribution >= 4 is 27.8 Å². The molecule has 2 atom stereocenters. The van der Waals surface area contributed by atoms with Crippen molar-refractivity contribution in [3.63, 3.8) is 0 Å². The topological polar surface area (TPSA) is 75.6 Å². The Labute approximate surface area is 155 Å². The summed E-state index contributed by atoms with van der Waals surface area (Å²) < 4.78 is 5.77. The van der Waals surface area contributed by atoms with E-state index in [1.807, 2.05) is 37.3 Å². The standard InChI is InChI=1S/C19H20BrNO4/c1-12(14-6-4-3-5-7-14)11-21-18(23)13(2)25-19(24)16-10-15(20)8-9-17(16)22/h3-10,12-13,22H,11H2,1-2H3,(H,21,23)/t12-,13-/m0/s1. The molecule has 2 aromatic rings. The number of esters is 1. The fourth-order valence-electron chi connectivity index (χ4n) is 2.25. The van der Waals surface area contributed by atoms with Crippen molar-refractivity contribution < 1.29 is 19.4 Å². The molecule has 25 heavy (non-hydrogen) atoms. The highest BCUT2D eigenvalue weighted by Crippen LogP contribution is 2.23. The van der Waals surface area contributed by atoms with Crippen LogP contribution in [-0.2, 0) is 9.53 Å². The predicted octanol–water partition coefficient (Wildman–Crippen LogP) is 3.62. The molecule has 0 aliphatic rings. The molecule has 1 amide bonds. The number of carbonyl (C=O) groups excluding carboxylic acids is 2. The molecule has 0 aliphatic heterocycles. The van der Waals surface area contributed by atoms with Crippen LogP contribution in [0.2, 0.25) is 0 Å². The van der Waals surface area contributed by atoms with Crippen LogP contribution < -0.4 is 5.32 Å². The summed E-state index contributed by atoms with van der Waals surface area (Å²) in [5, 5.41) is 12.5. The second kappa shape index (κ2) is 8.67. The van der Waals surface area contributed by atoms with Crippen molar-refractivity contribution in [2.45, 2.75) is 25.9 Å². The van der Waals surface area contributed by atoms with Crippen LogP contribution in [0, 0.1) is 0 Å². The molecule has 0 aliphatic carbocycles. The van der Waals surface area contributed by atoms with Crippen LogP contribution in [0.1, 0.15) is 35.7 Å². The van der Waals surface area contributed by atoms with E-state index in [9.17, 15) is 14.7 Å². The molecule has 2 aromatic carbocycles. The van der Waals surface area contributed by atoms with Crippen molar-refractivity contribution in [1.82, 2.24) is 5.32 Å². The summed E-state index contributed by atoms with van der Waals surface area (Å²) in [4.78, 5) is 24.2. The van der Waals surface area contributed by atoms with E-state index < -0.39 is 12.1 Å². The van der Waals surface area contributed by atoms with Gasteiger partial charge >= 0.3 is 5.97 Å². The summed E-state index contributed by atoms with van der Waals surface area (Å²) in [6.07, 6.45) is -0.964. The Hall–Kier alpha value is -2.34. The summed E-state index contributed by atoms with van der Waals surface area (Å²) in [6.45, 7) is 3.94. The van der Waals surface area contributed by atoms with Gasteiger partial charge in [-0.1, -0.05) is 53.2 Å². The van der Waals surface area contributed by atoms with Crippen molar-refractivity contribution in [3.05, 3.63) is 64.1 Å². The fourth-order valence-corrected chi connectivity index (χ4v) is 2.61. The van der Waals surface area contributed by atoms with Crippen molar-refractivity contribution in [3.8, 4) is 5.75 Å². The summed E-state index contributed by atoms with van der Waals surface area (Å²) in [5.41, 5.74) is 1.12. The highest BCUT2D eigenvalue weighted by Gasteiger charge is 2.21. The highest BCUT2D eigenvalue weighted by atomic mass is 79.9. The van der Waals surface area contributed by atoms with E-state index in [1.165, 1.54) is 19.1 Å². The smallest absolute Gasteiger partial charge is 0.342 e. The van der Waals surface area contributed by atoms with Crippen molar-refractivity contribution in [2.24, 2.45) is 0 Å². The molecule has 0 heterocycles. The Balaban J connectivity index is 1.89. The van der Waals surface area contributed by atoms with Crippen molar-refractivity contribution in [1.29, 1.82) is 0 Å². The van der Waals surface area contributed by atoms with Gasteiger partial charge in [0.25, 0.3) is 5.91 Å². The predicted molar refractivity (Wildman–Crippen MR) is 98.6 cm³/mol. The minimum Gasteiger partial charge on any atom is -0.507 e. The third-order valence-electron chi connectivity index (χ3n) is 3.78. The average Bonchev–Trinajstić information content (AvgIpc) is 2.61. The number of nitrogens with one attached hydrogen (secondary N) is 1. The lowest BCUT2D eigenvalue weighted by molar-refractivity contribution is -0.129. The quantitative estimate of drug-likeness (QED) is 0.719. The number of hydrogen-bond donors (Lipinski definition) is 2. The number of carbonyl (C=O) groups is 2. The molecule has 0 aromatic heterocycles. The molecule has 2 rings (SSSR count). The van der Waals surface area contributed by atoms with Gasteiger partial charge in [0, 0.05) is 11.0 Å². The normalized spacial score (nSPS) is 12.9. The molecule has 0 spiro atoms. The number of halogens is 1. The lowest BCUT2D eigenvalue weighted by atomic mass is 10.0. The van der Waals surface area contributed by atoms with E-state index in [0.29, 0.717) is 11.0 Å². The molecule has 0 radical (unpaired) electrons. The first-order valence-electron chi connectivity index (χ1n) is 7.90. The Bertz CT molecular complexity index is 748. The van der Waals surface area contributed by atoms with Gasteiger partial charge in [-0.3, -0.25) is 4.79 Å². The Morgan fingerprint density at radius 1 is 1.16 bits per heavy atom. The van der Waals surface area contributed by atoms with E-state index in [0.717, 1.165) is 5.56 Å². The number of hydrogen-bond acceptors (Lipinski definition) is 4.